The van der Waals surface area contributed by atoms with Gasteiger partial charge < -0.3 is 10.4 Å². The van der Waals surface area contributed by atoms with Crippen molar-refractivity contribution >= 4 is 50.8 Å². The van der Waals surface area contributed by atoms with E-state index in [1.165, 1.54) is 35.5 Å². The molecular weight excluding hydrogens is 365 g/mol. The van der Waals surface area contributed by atoms with Crippen molar-refractivity contribution in [3.63, 3.8) is 0 Å². The molecule has 6 nitrogen and oxygen atoms in total. The van der Waals surface area contributed by atoms with E-state index in [2.05, 4.69) is 10.3 Å². The van der Waals surface area contributed by atoms with E-state index in [1.807, 2.05) is 0 Å². The van der Waals surface area contributed by atoms with Crippen LogP contribution < -0.4 is 10.9 Å². The summed E-state index contributed by atoms with van der Waals surface area (Å²) in [7, 11) is 1.45. The molecule has 2 N–H and O–H groups in total. The molecule has 2 aromatic heterocycles. The Hall–Kier alpha value is -2.39. The molecule has 0 fully saturated rings. The molecule has 9 heteroatoms. The van der Waals surface area contributed by atoms with Crippen LogP contribution in [-0.4, -0.2) is 26.9 Å². The first-order valence-corrected chi connectivity index (χ1v) is 9.21. The molecule has 0 saturated heterocycles. The van der Waals surface area contributed by atoms with E-state index < -0.39 is 11.8 Å². The third kappa shape index (κ3) is 3.00. The molecule has 0 atom stereocenters. The number of thioether (sulfide) groups is 1. The molecule has 0 amide bonds. The fraction of sp³-hybridized carbons (Fsp3) is 0.188. The summed E-state index contributed by atoms with van der Waals surface area (Å²) in [6, 6.07) is 4.52. The normalized spacial score (nSPS) is 11.0. The number of hydrogen-bond donors (Lipinski definition) is 2. The second kappa shape index (κ2) is 6.49. The van der Waals surface area contributed by atoms with Crippen LogP contribution in [0.3, 0.4) is 0 Å². The third-order valence-electron chi connectivity index (χ3n) is 3.68. The van der Waals surface area contributed by atoms with Crippen LogP contribution in [0.1, 0.15) is 15.9 Å². The first-order chi connectivity index (χ1) is 11.8. The Bertz CT molecular complexity index is 1060. The number of pyridine rings is 1. The van der Waals surface area contributed by atoms with Gasteiger partial charge in [0.15, 0.2) is 4.34 Å². The molecule has 130 valence electrons. The molecule has 0 radical (unpaired) electrons. The number of rotatable bonds is 4. The first kappa shape index (κ1) is 17.4. The van der Waals surface area contributed by atoms with Crippen molar-refractivity contribution < 1.29 is 14.3 Å². The number of hydrogen-bond acceptors (Lipinski definition) is 6. The molecule has 0 unspecified atom stereocenters. The summed E-state index contributed by atoms with van der Waals surface area (Å²) in [6.07, 6.45) is 1.80. The van der Waals surface area contributed by atoms with Gasteiger partial charge >= 0.3 is 5.97 Å². The number of anilines is 2. The lowest BCUT2D eigenvalue weighted by Crippen LogP contribution is -2.23. The highest BCUT2D eigenvalue weighted by Gasteiger charge is 2.24. The third-order valence-corrected chi connectivity index (χ3v) is 5.71. The lowest BCUT2D eigenvalue weighted by Gasteiger charge is -2.15. The molecule has 0 saturated carbocycles. The van der Waals surface area contributed by atoms with Gasteiger partial charge in [-0.1, -0.05) is 17.8 Å². The van der Waals surface area contributed by atoms with Crippen LogP contribution in [0.4, 0.5) is 15.9 Å². The van der Waals surface area contributed by atoms with Crippen LogP contribution in [0, 0.1) is 12.7 Å². The number of carboxylic acid groups (broad SMARTS) is 1. The fourth-order valence-corrected chi connectivity index (χ4v) is 3.98. The number of aryl methyl sites for hydroxylation is 1. The van der Waals surface area contributed by atoms with Gasteiger partial charge in [-0.25, -0.2) is 14.2 Å². The largest absolute Gasteiger partial charge is 0.477 e. The zero-order valence-corrected chi connectivity index (χ0v) is 15.2. The molecule has 25 heavy (non-hydrogen) atoms. The Morgan fingerprint density at radius 3 is 2.76 bits per heavy atom. The maximum absolute atomic E-state index is 14.2. The molecule has 3 rings (SSSR count). The molecule has 0 aliphatic carbocycles. The zero-order valence-electron chi connectivity index (χ0n) is 13.6. The van der Waals surface area contributed by atoms with Gasteiger partial charge in [-0.15, -0.1) is 11.3 Å². The number of benzene rings is 1. The van der Waals surface area contributed by atoms with Gasteiger partial charge in [-0.05, 0) is 30.9 Å². The molecule has 3 aromatic rings. The topological polar surface area (TPSA) is 84.2 Å². The number of halogens is 1. The Morgan fingerprint density at radius 1 is 1.44 bits per heavy atom. The lowest BCUT2D eigenvalue weighted by atomic mass is 10.2. The second-order valence-corrected chi connectivity index (χ2v) is 7.42. The van der Waals surface area contributed by atoms with Crippen LogP contribution in [0.2, 0.25) is 0 Å². The Labute approximate surface area is 150 Å². The van der Waals surface area contributed by atoms with Crippen LogP contribution in [0.25, 0.3) is 10.2 Å². The number of carboxylic acids is 1. The minimum Gasteiger partial charge on any atom is -0.477 e. The molecule has 0 aliphatic heterocycles. The average Bonchev–Trinajstić information content (AvgIpc) is 2.98. The van der Waals surface area contributed by atoms with Gasteiger partial charge in [0.1, 0.15) is 27.4 Å². The van der Waals surface area contributed by atoms with Crippen LogP contribution in [-0.2, 0) is 7.05 Å². The van der Waals surface area contributed by atoms with Crippen LogP contribution in [0.5, 0.6) is 0 Å². The van der Waals surface area contributed by atoms with E-state index in [0.29, 0.717) is 4.34 Å². The van der Waals surface area contributed by atoms with Crippen LogP contribution in [0.15, 0.2) is 27.3 Å². The number of aromatic carboxylic acids is 1. The van der Waals surface area contributed by atoms with E-state index in [4.69, 9.17) is 0 Å². The van der Waals surface area contributed by atoms with Gasteiger partial charge in [0.05, 0.1) is 5.69 Å². The SMILES string of the molecule is CSc1nc2c(C(=O)O)c(Nc3ccc(C)cc3F)n(C)c(=O)c2s1. The number of carbonyl (C=O) groups is 1. The smallest absolute Gasteiger partial charge is 0.341 e. The van der Waals surface area contributed by atoms with Gasteiger partial charge in [0.25, 0.3) is 5.56 Å². The van der Waals surface area contributed by atoms with Crippen molar-refractivity contribution in [3.8, 4) is 0 Å². The van der Waals surface area contributed by atoms with Crippen molar-refractivity contribution in [1.82, 2.24) is 9.55 Å². The number of nitrogens with one attached hydrogen (secondary N) is 1. The minimum atomic E-state index is -1.24. The van der Waals surface area contributed by atoms with E-state index in [1.54, 1.807) is 19.2 Å². The summed E-state index contributed by atoms with van der Waals surface area (Å²) in [4.78, 5) is 28.7. The summed E-state index contributed by atoms with van der Waals surface area (Å²) < 4.78 is 16.2. The maximum atomic E-state index is 14.2. The lowest BCUT2D eigenvalue weighted by molar-refractivity contribution is 0.0699. The quantitative estimate of drug-likeness (QED) is 0.674. The summed E-state index contributed by atoms with van der Waals surface area (Å²) in [5.41, 5.74) is 0.388. The summed E-state index contributed by atoms with van der Waals surface area (Å²) >= 11 is 2.47. The highest BCUT2D eigenvalue weighted by atomic mass is 32.2. The summed E-state index contributed by atoms with van der Waals surface area (Å²) in [5, 5.41) is 12.4. The Kier molecular flexibility index (Phi) is 4.53. The second-order valence-electron chi connectivity index (χ2n) is 5.36. The molecule has 0 aliphatic rings. The molecular formula is C16H14FN3O3S2. The predicted molar refractivity (Wildman–Crippen MR) is 98.0 cm³/mol. The Balaban J connectivity index is 2.29. The molecule has 0 bridgehead atoms. The monoisotopic (exact) mass is 379 g/mol. The number of nitrogens with zero attached hydrogens (tertiary/aromatic N) is 2. The average molecular weight is 379 g/mol. The van der Waals surface area contributed by atoms with Crippen molar-refractivity contribution in [2.75, 3.05) is 11.6 Å². The highest BCUT2D eigenvalue weighted by Crippen LogP contribution is 2.32. The maximum Gasteiger partial charge on any atom is 0.341 e. The zero-order chi connectivity index (χ0) is 18.3. The van der Waals surface area contributed by atoms with Crippen molar-refractivity contribution in [1.29, 1.82) is 0 Å². The predicted octanol–water partition coefficient (Wildman–Crippen LogP) is 3.61. The van der Waals surface area contributed by atoms with Crippen molar-refractivity contribution in [3.05, 3.63) is 45.5 Å². The van der Waals surface area contributed by atoms with Gasteiger partial charge in [0.2, 0.25) is 0 Å². The van der Waals surface area contributed by atoms with E-state index in [0.717, 1.165) is 16.9 Å². The van der Waals surface area contributed by atoms with Gasteiger partial charge in [-0.3, -0.25) is 9.36 Å². The van der Waals surface area contributed by atoms with E-state index >= 15 is 0 Å². The minimum absolute atomic E-state index is 0.00861. The summed E-state index contributed by atoms with van der Waals surface area (Å²) in [6.45, 7) is 1.75. The highest BCUT2D eigenvalue weighted by molar-refractivity contribution is 8.00. The van der Waals surface area contributed by atoms with Crippen molar-refractivity contribution in [2.45, 2.75) is 11.3 Å². The van der Waals surface area contributed by atoms with Crippen LogP contribution >= 0.6 is 23.1 Å². The molecule has 2 heterocycles. The number of fused-ring (bicyclic) bond motifs is 1. The Morgan fingerprint density at radius 2 is 2.16 bits per heavy atom. The van der Waals surface area contributed by atoms with Gasteiger partial charge in [0, 0.05) is 7.05 Å². The van der Waals surface area contributed by atoms with Gasteiger partial charge in [-0.2, -0.15) is 0 Å². The molecule has 1 aromatic carbocycles. The summed E-state index contributed by atoms with van der Waals surface area (Å²) in [5.74, 6) is -1.79. The number of aromatic nitrogens is 2. The number of thiazole rings is 1. The first-order valence-electron chi connectivity index (χ1n) is 7.17. The molecule has 0 spiro atoms. The standard InChI is InChI=1S/C16H14FN3O3S2/c1-7-4-5-9(8(17)6-7)18-13-10(15(22)23)11-12(14(21)20(13)2)25-16(19-11)24-3/h4-6,18H,1-3H3,(H,22,23). The van der Waals surface area contributed by atoms with Crippen molar-refractivity contribution in [2.24, 2.45) is 7.05 Å². The van der Waals surface area contributed by atoms with E-state index in [9.17, 15) is 19.1 Å². The van der Waals surface area contributed by atoms with E-state index in [-0.39, 0.29) is 32.8 Å². The fourth-order valence-electron chi connectivity index (χ4n) is 2.43.